The fourth-order valence-corrected chi connectivity index (χ4v) is 3.15. The highest BCUT2D eigenvalue weighted by molar-refractivity contribution is 5.78. The molecule has 1 heterocycles. The number of carbonyl (C=O) groups excluding carboxylic acids is 1. The molecule has 0 radical (unpaired) electrons. The lowest BCUT2D eigenvalue weighted by Crippen LogP contribution is -2.41. The molecule has 1 aliphatic heterocycles. The molecule has 2 rings (SSSR count). The summed E-state index contributed by atoms with van der Waals surface area (Å²) in [5, 5.41) is 3.08. The maximum Gasteiger partial charge on any atom is 0.234 e. The van der Waals surface area contributed by atoms with Crippen LogP contribution in [-0.2, 0) is 11.3 Å². The third-order valence-corrected chi connectivity index (χ3v) is 4.55. The van der Waals surface area contributed by atoms with E-state index in [1.807, 2.05) is 0 Å². The van der Waals surface area contributed by atoms with Gasteiger partial charge in [-0.15, -0.1) is 0 Å². The van der Waals surface area contributed by atoms with Gasteiger partial charge in [0.2, 0.25) is 5.91 Å². The Labute approximate surface area is 128 Å². The molecule has 1 fully saturated rings. The summed E-state index contributed by atoms with van der Waals surface area (Å²) < 4.78 is 0. The van der Waals surface area contributed by atoms with Crippen molar-refractivity contribution >= 4 is 5.91 Å². The molecule has 0 aromatic heterocycles. The molecule has 1 aromatic rings. The number of rotatable bonds is 4. The summed E-state index contributed by atoms with van der Waals surface area (Å²) in [4.78, 5) is 14.4. The molecule has 0 atom stereocenters. The third kappa shape index (κ3) is 4.57. The number of nitrogens with zero attached hydrogens (tertiary/aromatic N) is 1. The Morgan fingerprint density at radius 2 is 1.76 bits per heavy atom. The predicted octanol–water partition coefficient (Wildman–Crippen LogP) is 2.96. The summed E-state index contributed by atoms with van der Waals surface area (Å²) >= 11 is 0. The van der Waals surface area contributed by atoms with Gasteiger partial charge in [0.15, 0.2) is 0 Å². The molecule has 0 bridgehead atoms. The summed E-state index contributed by atoms with van der Waals surface area (Å²) in [6.07, 6.45) is 2.42. The number of aryl methyl sites for hydroxylation is 3. The lowest BCUT2D eigenvalue weighted by Gasteiger charge is -2.29. The Kier molecular flexibility index (Phi) is 5.40. The minimum atomic E-state index is 0.143. The molecule has 0 saturated carbocycles. The van der Waals surface area contributed by atoms with Crippen LogP contribution in [0, 0.1) is 26.7 Å². The Hall–Kier alpha value is -1.35. The van der Waals surface area contributed by atoms with Gasteiger partial charge in [-0.3, -0.25) is 9.69 Å². The molecule has 0 spiro atoms. The van der Waals surface area contributed by atoms with Crippen LogP contribution < -0.4 is 5.32 Å². The topological polar surface area (TPSA) is 32.3 Å². The van der Waals surface area contributed by atoms with Crippen LogP contribution in [0.1, 0.15) is 42.0 Å². The van der Waals surface area contributed by atoms with Gasteiger partial charge in [0.1, 0.15) is 0 Å². The highest BCUT2D eigenvalue weighted by atomic mass is 16.2. The van der Waals surface area contributed by atoms with E-state index in [1.165, 1.54) is 35.1 Å². The van der Waals surface area contributed by atoms with Gasteiger partial charge in [-0.2, -0.15) is 0 Å². The summed E-state index contributed by atoms with van der Waals surface area (Å²) in [6.45, 7) is 11.9. The number of hydrogen-bond acceptors (Lipinski definition) is 2. The van der Waals surface area contributed by atoms with Gasteiger partial charge in [0.05, 0.1) is 6.54 Å². The van der Waals surface area contributed by atoms with Crippen molar-refractivity contribution in [3.8, 4) is 0 Å². The fraction of sp³-hybridized carbons (Fsp3) is 0.611. The maximum absolute atomic E-state index is 12.1. The lowest BCUT2D eigenvalue weighted by molar-refractivity contribution is -0.122. The fourth-order valence-electron chi connectivity index (χ4n) is 3.15. The predicted molar refractivity (Wildman–Crippen MR) is 87.3 cm³/mol. The first-order valence-electron chi connectivity index (χ1n) is 8.01. The summed E-state index contributed by atoms with van der Waals surface area (Å²) in [5.41, 5.74) is 5.06. The van der Waals surface area contributed by atoms with Gasteiger partial charge in [-0.25, -0.2) is 0 Å². The van der Waals surface area contributed by atoms with Gasteiger partial charge in [-0.05, 0) is 69.3 Å². The summed E-state index contributed by atoms with van der Waals surface area (Å²) in [5.74, 6) is 0.950. The lowest BCUT2D eigenvalue weighted by atomic mass is 9.99. The van der Waals surface area contributed by atoms with Gasteiger partial charge in [0, 0.05) is 6.54 Å². The van der Waals surface area contributed by atoms with E-state index in [1.54, 1.807) is 0 Å². The molecule has 3 nitrogen and oxygen atoms in total. The van der Waals surface area contributed by atoms with Crippen LogP contribution in [0.15, 0.2) is 12.1 Å². The third-order valence-electron chi connectivity index (χ3n) is 4.55. The Morgan fingerprint density at radius 3 is 2.33 bits per heavy atom. The number of piperidine rings is 1. The minimum absolute atomic E-state index is 0.143. The first-order valence-corrected chi connectivity index (χ1v) is 8.01. The van der Waals surface area contributed by atoms with Crippen LogP contribution in [0.25, 0.3) is 0 Å². The molecule has 21 heavy (non-hydrogen) atoms. The van der Waals surface area contributed by atoms with E-state index in [-0.39, 0.29) is 5.91 Å². The molecule has 0 aliphatic carbocycles. The maximum atomic E-state index is 12.1. The van der Waals surface area contributed by atoms with E-state index in [9.17, 15) is 4.79 Å². The molecule has 116 valence electrons. The molecule has 1 aliphatic rings. The zero-order valence-corrected chi connectivity index (χ0v) is 13.8. The standard InChI is InChI=1S/C18H28N2O/c1-13-5-7-20(8-6-13)12-18(21)19-11-17-15(3)9-14(2)10-16(17)4/h9-10,13H,5-8,11-12H2,1-4H3,(H,19,21). The largest absolute Gasteiger partial charge is 0.351 e. The van der Waals surface area contributed by atoms with Crippen molar-refractivity contribution in [2.45, 2.75) is 47.1 Å². The molecule has 1 amide bonds. The monoisotopic (exact) mass is 288 g/mol. The van der Waals surface area contributed by atoms with Gasteiger partial charge >= 0.3 is 0 Å². The quantitative estimate of drug-likeness (QED) is 0.924. The smallest absolute Gasteiger partial charge is 0.234 e. The molecule has 1 N–H and O–H groups in total. The van der Waals surface area contributed by atoms with Crippen molar-refractivity contribution in [2.24, 2.45) is 5.92 Å². The van der Waals surface area contributed by atoms with Crippen LogP contribution in [0.5, 0.6) is 0 Å². The average molecular weight is 288 g/mol. The minimum Gasteiger partial charge on any atom is -0.351 e. The van der Waals surface area contributed by atoms with Crippen LogP contribution in [0.4, 0.5) is 0 Å². The average Bonchev–Trinajstić information content (AvgIpc) is 2.40. The van der Waals surface area contributed by atoms with Gasteiger partial charge in [0.25, 0.3) is 0 Å². The Morgan fingerprint density at radius 1 is 1.19 bits per heavy atom. The Balaban J connectivity index is 1.84. The molecule has 0 unspecified atom stereocenters. The van der Waals surface area contributed by atoms with E-state index >= 15 is 0 Å². The first-order chi connectivity index (χ1) is 9.95. The van der Waals surface area contributed by atoms with Crippen molar-refractivity contribution < 1.29 is 4.79 Å². The highest BCUT2D eigenvalue weighted by Gasteiger charge is 2.17. The van der Waals surface area contributed by atoms with E-state index in [4.69, 9.17) is 0 Å². The van der Waals surface area contributed by atoms with Crippen molar-refractivity contribution in [1.29, 1.82) is 0 Å². The van der Waals surface area contributed by atoms with Crippen LogP contribution in [-0.4, -0.2) is 30.4 Å². The highest BCUT2D eigenvalue weighted by Crippen LogP contribution is 2.17. The SMILES string of the molecule is Cc1cc(C)c(CNC(=O)CN2CCC(C)CC2)c(C)c1. The van der Waals surface area contributed by atoms with Crippen LogP contribution in [0.2, 0.25) is 0 Å². The summed E-state index contributed by atoms with van der Waals surface area (Å²) in [6, 6.07) is 4.36. The second kappa shape index (κ2) is 7.08. The Bertz CT molecular complexity index is 479. The normalized spacial score (nSPS) is 17.0. The van der Waals surface area contributed by atoms with Gasteiger partial charge in [-0.1, -0.05) is 24.6 Å². The van der Waals surface area contributed by atoms with Crippen molar-refractivity contribution in [3.63, 3.8) is 0 Å². The number of likely N-dealkylation sites (tertiary alicyclic amines) is 1. The van der Waals surface area contributed by atoms with Crippen LogP contribution in [0.3, 0.4) is 0 Å². The second-order valence-electron chi connectivity index (χ2n) is 6.61. The molecular formula is C18H28N2O. The number of amides is 1. The number of benzene rings is 1. The van der Waals surface area contributed by atoms with Gasteiger partial charge < -0.3 is 5.32 Å². The second-order valence-corrected chi connectivity index (χ2v) is 6.61. The summed E-state index contributed by atoms with van der Waals surface area (Å²) in [7, 11) is 0. The van der Waals surface area contributed by atoms with E-state index < -0.39 is 0 Å². The van der Waals surface area contributed by atoms with Crippen molar-refractivity contribution in [2.75, 3.05) is 19.6 Å². The zero-order valence-electron chi connectivity index (χ0n) is 13.8. The first kappa shape index (κ1) is 16.0. The van der Waals surface area contributed by atoms with E-state index in [2.05, 4.69) is 50.0 Å². The molecular weight excluding hydrogens is 260 g/mol. The van der Waals surface area contributed by atoms with Crippen LogP contribution >= 0.6 is 0 Å². The van der Waals surface area contributed by atoms with Crippen molar-refractivity contribution in [3.05, 3.63) is 34.4 Å². The van der Waals surface area contributed by atoms with E-state index in [0.717, 1.165) is 19.0 Å². The number of nitrogens with one attached hydrogen (secondary N) is 1. The zero-order chi connectivity index (χ0) is 15.4. The van der Waals surface area contributed by atoms with E-state index in [0.29, 0.717) is 13.1 Å². The molecule has 3 heteroatoms. The number of hydrogen-bond donors (Lipinski definition) is 1. The molecule has 1 aromatic carbocycles. The molecule has 1 saturated heterocycles. The number of carbonyl (C=O) groups is 1. The van der Waals surface area contributed by atoms with Crippen molar-refractivity contribution in [1.82, 2.24) is 10.2 Å².